The molecule has 1 nitrogen and oxygen atoms in total. The molecule has 0 rings (SSSR count). The monoisotopic (exact) mass is 119 g/mol. The number of nitriles is 1. The van der Waals surface area contributed by atoms with Crippen molar-refractivity contribution in [3.8, 4) is 6.07 Å². The van der Waals surface area contributed by atoms with Crippen molar-refractivity contribution in [1.82, 2.24) is 0 Å². The molecule has 0 radical (unpaired) electrons. The molecule has 0 saturated carbocycles. The molecule has 0 bridgehead atoms. The van der Waals surface area contributed by atoms with E-state index in [1.54, 1.807) is 12.2 Å². The SMILES string of the molecule is C=C(C)C=CC(=C)C#N. The molecule has 0 heterocycles. The lowest BCUT2D eigenvalue weighted by molar-refractivity contribution is 1.49. The standard InChI is InChI=1S/C8H9N/c1-7(2)4-5-8(3)6-9/h4-5H,1,3H2,2H3. The predicted molar refractivity (Wildman–Crippen MR) is 38.7 cm³/mol. The summed E-state index contributed by atoms with van der Waals surface area (Å²) in [6, 6.07) is 1.90. The smallest absolute Gasteiger partial charge is 0.0985 e. The number of nitrogens with zero attached hydrogens (tertiary/aromatic N) is 1. The molecule has 0 aliphatic rings. The average Bonchev–Trinajstić information content (AvgIpc) is 1.83. The van der Waals surface area contributed by atoms with Crippen LogP contribution in [0.1, 0.15) is 6.92 Å². The Kier molecular flexibility index (Phi) is 3.15. The van der Waals surface area contributed by atoms with E-state index in [0.29, 0.717) is 5.57 Å². The van der Waals surface area contributed by atoms with Gasteiger partial charge in [0.25, 0.3) is 0 Å². The summed E-state index contributed by atoms with van der Waals surface area (Å²) >= 11 is 0. The van der Waals surface area contributed by atoms with Crippen molar-refractivity contribution in [3.05, 3.63) is 36.5 Å². The van der Waals surface area contributed by atoms with Crippen molar-refractivity contribution < 1.29 is 0 Å². The van der Waals surface area contributed by atoms with E-state index in [1.807, 2.05) is 13.0 Å². The predicted octanol–water partition coefficient (Wildman–Crippen LogP) is 2.20. The van der Waals surface area contributed by atoms with Gasteiger partial charge in [0.05, 0.1) is 6.07 Å². The third kappa shape index (κ3) is 4.57. The van der Waals surface area contributed by atoms with Gasteiger partial charge in [0.2, 0.25) is 0 Å². The van der Waals surface area contributed by atoms with E-state index in [2.05, 4.69) is 13.2 Å². The number of allylic oxidation sites excluding steroid dienone is 4. The fourth-order valence-electron chi connectivity index (χ4n) is 0.280. The maximum absolute atomic E-state index is 8.22. The van der Waals surface area contributed by atoms with Gasteiger partial charge in [0, 0.05) is 5.57 Å². The second kappa shape index (κ2) is 3.68. The third-order valence-electron chi connectivity index (χ3n) is 0.713. The van der Waals surface area contributed by atoms with Crippen molar-refractivity contribution in [3.63, 3.8) is 0 Å². The zero-order valence-electron chi connectivity index (χ0n) is 5.52. The summed E-state index contributed by atoms with van der Waals surface area (Å²) in [5.41, 5.74) is 1.38. The molecule has 9 heavy (non-hydrogen) atoms. The molecule has 1 heteroatoms. The highest BCUT2D eigenvalue weighted by Crippen LogP contribution is 1.94. The summed E-state index contributed by atoms with van der Waals surface area (Å²) < 4.78 is 0. The van der Waals surface area contributed by atoms with E-state index in [4.69, 9.17) is 5.26 Å². The Balaban J connectivity index is 3.90. The van der Waals surface area contributed by atoms with Crippen molar-refractivity contribution >= 4 is 0 Å². The van der Waals surface area contributed by atoms with Gasteiger partial charge in [-0.2, -0.15) is 5.26 Å². The Bertz CT molecular complexity index is 191. The van der Waals surface area contributed by atoms with E-state index in [9.17, 15) is 0 Å². The Morgan fingerprint density at radius 1 is 1.44 bits per heavy atom. The van der Waals surface area contributed by atoms with Gasteiger partial charge in [-0.25, -0.2) is 0 Å². The first-order chi connectivity index (χ1) is 4.16. The van der Waals surface area contributed by atoms with Crippen LogP contribution in [0.4, 0.5) is 0 Å². The van der Waals surface area contributed by atoms with Gasteiger partial charge >= 0.3 is 0 Å². The summed E-state index contributed by atoms with van der Waals surface area (Å²) in [6.07, 6.45) is 3.40. The zero-order chi connectivity index (χ0) is 7.28. The summed E-state index contributed by atoms with van der Waals surface area (Å²) in [5.74, 6) is 0. The molecule has 0 saturated heterocycles. The van der Waals surface area contributed by atoms with Crippen molar-refractivity contribution in [2.75, 3.05) is 0 Å². The van der Waals surface area contributed by atoms with Crippen LogP contribution in [0.3, 0.4) is 0 Å². The molecule has 0 N–H and O–H groups in total. The number of rotatable bonds is 2. The molecular weight excluding hydrogens is 110 g/mol. The van der Waals surface area contributed by atoms with Gasteiger partial charge in [-0.3, -0.25) is 0 Å². The lowest BCUT2D eigenvalue weighted by Gasteiger charge is -1.82. The van der Waals surface area contributed by atoms with Crippen LogP contribution in [0.5, 0.6) is 0 Å². The fraction of sp³-hybridized carbons (Fsp3) is 0.125. The van der Waals surface area contributed by atoms with Crippen LogP contribution >= 0.6 is 0 Å². The Hall–Kier alpha value is -1.29. The molecule has 0 aromatic heterocycles. The summed E-state index contributed by atoms with van der Waals surface area (Å²) in [4.78, 5) is 0. The lowest BCUT2D eigenvalue weighted by atomic mass is 10.2. The molecule has 0 aromatic carbocycles. The van der Waals surface area contributed by atoms with E-state index in [0.717, 1.165) is 5.57 Å². The molecule has 0 aromatic rings. The number of hydrogen-bond acceptors (Lipinski definition) is 1. The average molecular weight is 119 g/mol. The van der Waals surface area contributed by atoms with Gasteiger partial charge in [-0.1, -0.05) is 24.8 Å². The third-order valence-corrected chi connectivity index (χ3v) is 0.713. The van der Waals surface area contributed by atoms with Gasteiger partial charge in [-0.15, -0.1) is 0 Å². The first-order valence-electron chi connectivity index (χ1n) is 2.59. The molecule has 46 valence electrons. The number of hydrogen-bond donors (Lipinski definition) is 0. The molecule has 0 atom stereocenters. The van der Waals surface area contributed by atoms with Gasteiger partial charge in [-0.05, 0) is 13.0 Å². The molecule has 0 amide bonds. The zero-order valence-corrected chi connectivity index (χ0v) is 5.52. The van der Waals surface area contributed by atoms with Gasteiger partial charge < -0.3 is 0 Å². The Labute approximate surface area is 55.6 Å². The van der Waals surface area contributed by atoms with Crippen LogP contribution in [0.25, 0.3) is 0 Å². The highest BCUT2D eigenvalue weighted by atomic mass is 14.2. The molecule has 0 aliphatic heterocycles. The Morgan fingerprint density at radius 3 is 2.33 bits per heavy atom. The second-order valence-electron chi connectivity index (χ2n) is 1.82. The summed E-state index contributed by atoms with van der Waals surface area (Å²) in [6.45, 7) is 8.94. The van der Waals surface area contributed by atoms with E-state index in [1.165, 1.54) is 0 Å². The Morgan fingerprint density at radius 2 is 2.00 bits per heavy atom. The van der Waals surface area contributed by atoms with Crippen LogP contribution in [0, 0.1) is 11.3 Å². The minimum absolute atomic E-state index is 0.456. The van der Waals surface area contributed by atoms with Crippen molar-refractivity contribution in [2.24, 2.45) is 0 Å². The summed E-state index contributed by atoms with van der Waals surface area (Å²) in [5, 5.41) is 8.22. The first kappa shape index (κ1) is 7.71. The molecular formula is C8H9N. The van der Waals surface area contributed by atoms with Crippen LogP contribution in [-0.4, -0.2) is 0 Å². The fourth-order valence-corrected chi connectivity index (χ4v) is 0.280. The van der Waals surface area contributed by atoms with Crippen LogP contribution < -0.4 is 0 Å². The van der Waals surface area contributed by atoms with Crippen molar-refractivity contribution in [1.29, 1.82) is 5.26 Å². The minimum atomic E-state index is 0.456. The van der Waals surface area contributed by atoms with Crippen LogP contribution in [-0.2, 0) is 0 Å². The van der Waals surface area contributed by atoms with Crippen LogP contribution in [0.15, 0.2) is 36.5 Å². The normalized spacial score (nSPS) is 8.89. The highest BCUT2D eigenvalue weighted by molar-refractivity contribution is 5.32. The van der Waals surface area contributed by atoms with Gasteiger partial charge in [0.15, 0.2) is 0 Å². The van der Waals surface area contributed by atoms with E-state index in [-0.39, 0.29) is 0 Å². The molecule has 0 unspecified atom stereocenters. The quantitative estimate of drug-likeness (QED) is 0.404. The highest BCUT2D eigenvalue weighted by Gasteiger charge is 1.78. The lowest BCUT2D eigenvalue weighted by Crippen LogP contribution is -1.65. The van der Waals surface area contributed by atoms with E-state index >= 15 is 0 Å². The second-order valence-corrected chi connectivity index (χ2v) is 1.82. The maximum atomic E-state index is 8.22. The maximum Gasteiger partial charge on any atom is 0.0985 e. The van der Waals surface area contributed by atoms with E-state index < -0.39 is 0 Å². The molecule has 0 aliphatic carbocycles. The molecule has 0 fully saturated rings. The summed E-state index contributed by atoms with van der Waals surface area (Å²) in [7, 11) is 0. The van der Waals surface area contributed by atoms with Gasteiger partial charge in [0.1, 0.15) is 0 Å². The molecule has 0 spiro atoms. The van der Waals surface area contributed by atoms with Crippen molar-refractivity contribution in [2.45, 2.75) is 6.92 Å². The minimum Gasteiger partial charge on any atom is -0.192 e. The van der Waals surface area contributed by atoms with Crippen LogP contribution in [0.2, 0.25) is 0 Å². The first-order valence-corrected chi connectivity index (χ1v) is 2.59. The topological polar surface area (TPSA) is 23.8 Å². The largest absolute Gasteiger partial charge is 0.192 e.